The first-order chi connectivity index (χ1) is 5.81. The number of carbonyl (C=O) groups excluding carboxylic acids is 1. The first-order valence-electron chi connectivity index (χ1n) is 4.80. The summed E-state index contributed by atoms with van der Waals surface area (Å²) >= 11 is 0. The Morgan fingerprint density at radius 1 is 1.27 bits per heavy atom. The summed E-state index contributed by atoms with van der Waals surface area (Å²) in [6, 6.07) is 0. The molecule has 0 aromatic heterocycles. The Kier molecular flexibility index (Phi) is 11.8. The zero-order valence-corrected chi connectivity index (χ0v) is 11.9. The molecule has 0 radical (unpaired) electrons. The van der Waals surface area contributed by atoms with Gasteiger partial charge in [-0.3, -0.25) is 6.29 Å². The summed E-state index contributed by atoms with van der Waals surface area (Å²) in [7, 11) is -1.58. The molecule has 0 aliphatic rings. The average molecular weight is 225 g/mol. The Morgan fingerprint density at radius 3 is 2.07 bits per heavy atom. The summed E-state index contributed by atoms with van der Waals surface area (Å²) in [5.74, 6) is 0. The Hall–Kier alpha value is 0.404. The van der Waals surface area contributed by atoms with Crippen LogP contribution in [0.4, 0.5) is 0 Å². The second-order valence-electron chi connectivity index (χ2n) is 4.86. The van der Waals surface area contributed by atoms with Crippen LogP contribution in [0.15, 0.2) is 0 Å². The van der Waals surface area contributed by atoms with Gasteiger partial charge in [0.15, 0.2) is 8.32 Å². The minimum absolute atomic E-state index is 0. The van der Waals surface area contributed by atoms with Gasteiger partial charge in [-0.2, -0.15) is 6.42 Å². The van der Waals surface area contributed by atoms with Crippen LogP contribution in [-0.2, 0) is 9.22 Å². The van der Waals surface area contributed by atoms with Crippen LogP contribution in [-0.4, -0.2) is 26.7 Å². The van der Waals surface area contributed by atoms with Crippen LogP contribution in [0.2, 0.25) is 18.1 Å². The SMILES string of the molecule is CC(C)(C)[Si](C)(C)OCCC[C-]=O.[Li+].[OH-]. The van der Waals surface area contributed by atoms with Gasteiger partial charge in [-0.1, -0.05) is 27.2 Å². The minimum Gasteiger partial charge on any atom is -0.870 e. The van der Waals surface area contributed by atoms with E-state index >= 15 is 0 Å². The van der Waals surface area contributed by atoms with Gasteiger partial charge in [-0.25, -0.2) is 0 Å². The van der Waals surface area contributed by atoms with E-state index in [4.69, 9.17) is 4.43 Å². The quantitative estimate of drug-likeness (QED) is 0.367. The topological polar surface area (TPSA) is 56.3 Å². The molecular weight excluding hydrogens is 203 g/mol. The van der Waals surface area contributed by atoms with E-state index in [0.29, 0.717) is 13.0 Å². The summed E-state index contributed by atoms with van der Waals surface area (Å²) in [4.78, 5) is 9.96. The molecule has 0 saturated heterocycles. The van der Waals surface area contributed by atoms with E-state index in [1.807, 2.05) is 6.29 Å². The molecule has 0 fully saturated rings. The van der Waals surface area contributed by atoms with Crippen LogP contribution in [0.5, 0.6) is 0 Å². The Bertz CT molecular complexity index is 167. The fourth-order valence-corrected chi connectivity index (χ4v) is 1.78. The van der Waals surface area contributed by atoms with E-state index < -0.39 is 8.32 Å². The maximum atomic E-state index is 9.96. The van der Waals surface area contributed by atoms with Crippen molar-refractivity contribution in [3.63, 3.8) is 0 Å². The number of unbranched alkanes of at least 4 members (excludes halogenated alkanes) is 1. The van der Waals surface area contributed by atoms with Gasteiger partial charge < -0.3 is 14.7 Å². The van der Waals surface area contributed by atoms with Crippen LogP contribution in [0, 0.1) is 0 Å². The van der Waals surface area contributed by atoms with Gasteiger partial charge in [0.1, 0.15) is 0 Å². The van der Waals surface area contributed by atoms with Crippen LogP contribution < -0.4 is 18.9 Å². The molecule has 0 atom stereocenters. The van der Waals surface area contributed by atoms with Crippen molar-refractivity contribution in [1.82, 2.24) is 0 Å². The zero-order chi connectivity index (χ0) is 10.5. The molecule has 0 bridgehead atoms. The van der Waals surface area contributed by atoms with Crippen LogP contribution in [0.25, 0.3) is 0 Å². The Morgan fingerprint density at radius 2 is 1.73 bits per heavy atom. The van der Waals surface area contributed by atoms with Gasteiger partial charge in [-0.15, -0.1) is 0 Å². The van der Waals surface area contributed by atoms with Crippen molar-refractivity contribution in [3.8, 4) is 0 Å². The molecule has 0 unspecified atom stereocenters. The molecule has 0 saturated carbocycles. The second-order valence-corrected chi connectivity index (χ2v) is 9.67. The predicted molar refractivity (Wildman–Crippen MR) is 60.0 cm³/mol. The van der Waals surface area contributed by atoms with Gasteiger partial charge >= 0.3 is 18.9 Å². The third kappa shape index (κ3) is 8.24. The van der Waals surface area contributed by atoms with Gasteiger partial charge in [0.05, 0.1) is 0 Å². The first kappa shape index (κ1) is 20.8. The summed E-state index contributed by atoms with van der Waals surface area (Å²) < 4.78 is 5.86. The van der Waals surface area contributed by atoms with Crippen molar-refractivity contribution in [1.29, 1.82) is 0 Å². The molecular formula is C10H22LiO3Si-. The van der Waals surface area contributed by atoms with E-state index in [9.17, 15) is 4.79 Å². The van der Waals surface area contributed by atoms with Crippen molar-refractivity contribution in [3.05, 3.63) is 0 Å². The molecule has 86 valence electrons. The third-order valence-electron chi connectivity index (χ3n) is 2.69. The molecule has 5 heteroatoms. The molecule has 0 spiro atoms. The Balaban J connectivity index is -0.000000720. The van der Waals surface area contributed by atoms with Crippen molar-refractivity contribution in [2.45, 2.75) is 51.7 Å². The summed E-state index contributed by atoms with van der Waals surface area (Å²) in [5.41, 5.74) is 0. The van der Waals surface area contributed by atoms with E-state index in [1.165, 1.54) is 0 Å². The zero-order valence-electron chi connectivity index (χ0n) is 10.9. The number of hydrogen-bond donors (Lipinski definition) is 0. The summed E-state index contributed by atoms with van der Waals surface area (Å²) in [6.45, 7) is 11.8. The monoisotopic (exact) mass is 225 g/mol. The number of rotatable bonds is 5. The molecule has 0 rings (SSSR count). The Labute approximate surface area is 107 Å². The average Bonchev–Trinajstić information content (AvgIpc) is 1.96. The largest absolute Gasteiger partial charge is 1.00 e. The molecule has 0 heterocycles. The van der Waals surface area contributed by atoms with E-state index in [0.717, 1.165) is 6.42 Å². The molecule has 0 aliphatic heterocycles. The smallest absolute Gasteiger partial charge is 0.870 e. The molecule has 0 aliphatic carbocycles. The fraction of sp³-hybridized carbons (Fsp3) is 0.900. The van der Waals surface area contributed by atoms with Gasteiger partial charge in [0.25, 0.3) is 0 Å². The molecule has 3 nitrogen and oxygen atoms in total. The van der Waals surface area contributed by atoms with Crippen LogP contribution in [0.1, 0.15) is 33.6 Å². The van der Waals surface area contributed by atoms with Crippen molar-refractivity contribution < 1.29 is 33.6 Å². The summed E-state index contributed by atoms with van der Waals surface area (Å²) in [6.07, 6.45) is 3.17. The van der Waals surface area contributed by atoms with Gasteiger partial charge in [0, 0.05) is 6.61 Å². The molecule has 15 heavy (non-hydrogen) atoms. The predicted octanol–water partition coefficient (Wildman–Crippen LogP) is -0.275. The molecule has 0 aromatic rings. The standard InChI is InChI=1S/C10H21O2Si.Li.H2O/c1-10(2,3)13(4,5)12-9-7-6-8-11;;/h6-7,9H2,1-5H3;;1H2/q-1;+1;/p-1. The minimum atomic E-state index is -1.58. The van der Waals surface area contributed by atoms with Crippen LogP contribution in [0.3, 0.4) is 0 Å². The second kappa shape index (κ2) is 8.54. The summed E-state index contributed by atoms with van der Waals surface area (Å²) in [5, 5.41) is 0.262. The fourth-order valence-electron chi connectivity index (χ4n) is 0.688. The third-order valence-corrected chi connectivity index (χ3v) is 7.23. The van der Waals surface area contributed by atoms with Gasteiger partial charge in [-0.05, 0) is 18.1 Å². The molecule has 0 aromatic carbocycles. The maximum absolute atomic E-state index is 9.96. The van der Waals surface area contributed by atoms with E-state index in [-0.39, 0.29) is 29.4 Å². The normalized spacial score (nSPS) is 11.3. The first-order valence-corrected chi connectivity index (χ1v) is 7.71. The number of hydrogen-bond acceptors (Lipinski definition) is 3. The molecule has 1 N–H and O–H groups in total. The van der Waals surface area contributed by atoms with Crippen molar-refractivity contribution in [2.75, 3.05) is 6.61 Å². The van der Waals surface area contributed by atoms with Crippen molar-refractivity contribution >= 4 is 14.6 Å². The van der Waals surface area contributed by atoms with Crippen molar-refractivity contribution in [2.24, 2.45) is 0 Å². The molecule has 0 amide bonds. The van der Waals surface area contributed by atoms with Crippen LogP contribution >= 0.6 is 0 Å². The van der Waals surface area contributed by atoms with Gasteiger partial charge in [0.2, 0.25) is 0 Å². The van der Waals surface area contributed by atoms with E-state index in [2.05, 4.69) is 33.9 Å². The maximum Gasteiger partial charge on any atom is 1.00 e. The van der Waals surface area contributed by atoms with E-state index in [1.54, 1.807) is 0 Å².